The fraction of sp³-hybridized carbons (Fsp3) is 0.458. The van der Waals surface area contributed by atoms with E-state index in [2.05, 4.69) is 52.2 Å². The average Bonchev–Trinajstić information content (AvgIpc) is 3.99. The first kappa shape index (κ1) is 55.0. The van der Waals surface area contributed by atoms with Crippen molar-refractivity contribution in [2.24, 2.45) is 29.0 Å². The predicted octanol–water partition coefficient (Wildman–Crippen LogP) is -0.866. The molecule has 4 aromatic rings. The third kappa shape index (κ3) is 16.3. The zero-order chi connectivity index (χ0) is 51.7. The number of nitrogens with one attached hydrogen (secondary N) is 9. The molecule has 0 radical (unpaired) electrons. The quantitative estimate of drug-likeness (QED) is 0.0349. The number of aromatic nitrogens is 3. The van der Waals surface area contributed by atoms with E-state index in [-0.39, 0.29) is 38.0 Å². The topological polar surface area (TPSA) is 360 Å². The highest BCUT2D eigenvalue weighted by atomic mass is 16.2. The van der Waals surface area contributed by atoms with Crippen LogP contribution in [0.1, 0.15) is 77.6 Å². The van der Waals surface area contributed by atoms with Crippen molar-refractivity contribution in [3.8, 4) is 0 Å². The van der Waals surface area contributed by atoms with Crippen LogP contribution >= 0.6 is 0 Å². The van der Waals surface area contributed by atoms with Crippen LogP contribution in [0, 0.1) is 11.8 Å². The van der Waals surface area contributed by atoms with Gasteiger partial charge in [0.2, 0.25) is 53.2 Å². The van der Waals surface area contributed by atoms with E-state index in [4.69, 9.17) is 17.2 Å². The maximum atomic E-state index is 14.3. The van der Waals surface area contributed by atoms with Crippen LogP contribution in [-0.4, -0.2) is 116 Å². The minimum atomic E-state index is -1.72. The van der Waals surface area contributed by atoms with E-state index in [0.717, 1.165) is 16.5 Å². The average molecular weight is 970 g/mol. The second kappa shape index (κ2) is 25.7. The number of carbonyl (C=O) groups excluding carboxylic acids is 9. The lowest BCUT2D eigenvalue weighted by Gasteiger charge is -2.31. The maximum absolute atomic E-state index is 14.3. The van der Waals surface area contributed by atoms with Gasteiger partial charge in [-0.1, -0.05) is 82.6 Å². The Morgan fingerprint density at radius 3 is 1.97 bits per heavy atom. The van der Waals surface area contributed by atoms with Gasteiger partial charge in [0, 0.05) is 48.3 Å². The summed E-state index contributed by atoms with van der Waals surface area (Å²) in [5, 5.41) is 19.1. The molecule has 0 aliphatic rings. The fourth-order valence-electron chi connectivity index (χ4n) is 7.44. The largest absolute Gasteiger partial charge is 0.370 e. The summed E-state index contributed by atoms with van der Waals surface area (Å²) in [5.41, 5.74) is 18.1. The van der Waals surface area contributed by atoms with Gasteiger partial charge >= 0.3 is 0 Å². The number of nitrogens with zero attached hydrogens (tertiary/aromatic N) is 1. The van der Waals surface area contributed by atoms with E-state index in [0.29, 0.717) is 17.7 Å². The minimum absolute atomic E-state index is 0.0361. The van der Waals surface area contributed by atoms with Crippen LogP contribution in [-0.2, 0) is 62.4 Å². The van der Waals surface area contributed by atoms with Crippen molar-refractivity contribution >= 4 is 64.1 Å². The Morgan fingerprint density at radius 2 is 1.34 bits per heavy atom. The molecule has 1 unspecified atom stereocenters. The van der Waals surface area contributed by atoms with Gasteiger partial charge in [-0.25, -0.2) is 4.98 Å². The summed E-state index contributed by atoms with van der Waals surface area (Å²) in [6.45, 7) is 9.07. The zero-order valence-corrected chi connectivity index (χ0v) is 40.4. The molecule has 2 heterocycles. The molecule has 0 fully saturated rings. The summed E-state index contributed by atoms with van der Waals surface area (Å²) in [7, 11) is 0. The number of H-pyrrole nitrogens is 2. The number of para-hydroxylation sites is 1. The summed E-state index contributed by atoms with van der Waals surface area (Å²) < 4.78 is 0. The molecule has 0 bridgehead atoms. The van der Waals surface area contributed by atoms with Gasteiger partial charge in [-0.3, -0.25) is 43.2 Å². The predicted molar refractivity (Wildman–Crippen MR) is 259 cm³/mol. The number of primary amides is 2. The number of amides is 9. The number of hydrogen-bond donors (Lipinski definition) is 12. The third-order valence-electron chi connectivity index (χ3n) is 11.8. The summed E-state index contributed by atoms with van der Waals surface area (Å²) >= 11 is 0. The van der Waals surface area contributed by atoms with Gasteiger partial charge in [0.15, 0.2) is 0 Å². The second-order valence-electron chi connectivity index (χ2n) is 18.2. The highest BCUT2D eigenvalue weighted by Gasteiger charge is 2.38. The minimum Gasteiger partial charge on any atom is -0.370 e. The molecular formula is C48H67N13O9. The number of aromatic amines is 2. The van der Waals surface area contributed by atoms with Gasteiger partial charge in [0.05, 0.1) is 18.9 Å². The SMILES string of the molecule is CCC(C)[C@H](NC(=O)[C@H](Cc1cnc[nH]1)NC(=O)CNC(=O)[C@@H](NC(=O)C(C)(C)NC(=O)[C@H](Cc1c[nH]c2ccccc12)NC(=O)[C@H](CCC(N)=O)NC(=O)[C@H](N)Cc1ccccc1)C(C)C)C(N)=O. The van der Waals surface area contributed by atoms with Crippen molar-refractivity contribution in [3.05, 3.63) is 90.1 Å². The van der Waals surface area contributed by atoms with Crippen LogP contribution < -0.4 is 54.4 Å². The highest BCUT2D eigenvalue weighted by molar-refractivity contribution is 5.99. The normalized spacial score (nSPS) is 14.4. The summed E-state index contributed by atoms with van der Waals surface area (Å²) in [6.07, 6.45) is 4.61. The van der Waals surface area contributed by atoms with Crippen LogP contribution in [0.4, 0.5) is 0 Å². The van der Waals surface area contributed by atoms with E-state index < -0.39 is 107 Å². The Bertz CT molecular complexity index is 2460. The molecule has 0 aliphatic carbocycles. The van der Waals surface area contributed by atoms with Crippen molar-refractivity contribution in [1.29, 1.82) is 0 Å². The van der Waals surface area contributed by atoms with Gasteiger partial charge in [-0.15, -0.1) is 0 Å². The monoisotopic (exact) mass is 970 g/mol. The van der Waals surface area contributed by atoms with Crippen molar-refractivity contribution in [2.45, 2.75) is 122 Å². The summed E-state index contributed by atoms with van der Waals surface area (Å²) in [5.74, 6) is -7.60. The number of hydrogen-bond acceptors (Lipinski definition) is 11. The van der Waals surface area contributed by atoms with Gasteiger partial charge in [-0.05, 0) is 55.7 Å². The molecule has 70 heavy (non-hydrogen) atoms. The lowest BCUT2D eigenvalue weighted by Crippen LogP contribution is -2.63. The lowest BCUT2D eigenvalue weighted by molar-refractivity contribution is -0.137. The Hall–Kier alpha value is -7.62. The first-order valence-electron chi connectivity index (χ1n) is 23.1. The van der Waals surface area contributed by atoms with E-state index in [1.165, 1.54) is 26.4 Å². The van der Waals surface area contributed by atoms with Gasteiger partial charge in [-0.2, -0.15) is 0 Å². The molecular weight excluding hydrogens is 903 g/mol. The molecule has 15 N–H and O–H groups in total. The number of imidazole rings is 1. The highest BCUT2D eigenvalue weighted by Crippen LogP contribution is 2.20. The molecule has 2 aromatic carbocycles. The third-order valence-corrected chi connectivity index (χ3v) is 11.8. The molecule has 378 valence electrons. The number of rotatable bonds is 27. The number of nitrogens with two attached hydrogens (primary N) is 3. The number of carbonyl (C=O) groups is 9. The molecule has 0 saturated heterocycles. The standard InChI is InChI=1S/C48H67N13O9/c1-7-27(4)40(41(51)64)59-44(67)36(21-30-23-52-25-55-30)56-38(63)24-54-46(69)39(26(2)3)60-47(70)48(5,6)61-45(68)35(20-29-22-53-33-16-12-11-15-31(29)33)58-43(66)34(17-18-37(50)62)57-42(65)32(49)19-28-13-9-8-10-14-28/h8-16,22-23,25-27,32,34-36,39-40,53H,7,17-21,24,49H2,1-6H3,(H2,50,62)(H2,51,64)(H,52,55)(H,54,69)(H,56,63)(H,57,65)(H,58,66)(H,59,67)(H,60,70)(H,61,68)/t27?,32-,34+,35+,36+,39+,40+/m1/s1. The van der Waals surface area contributed by atoms with E-state index >= 15 is 0 Å². The second-order valence-corrected chi connectivity index (χ2v) is 18.2. The Balaban J connectivity index is 1.47. The van der Waals surface area contributed by atoms with Crippen LogP contribution in [0.5, 0.6) is 0 Å². The van der Waals surface area contributed by atoms with Crippen molar-refractivity contribution in [1.82, 2.24) is 52.2 Å². The molecule has 4 rings (SSSR count). The van der Waals surface area contributed by atoms with Crippen molar-refractivity contribution in [3.63, 3.8) is 0 Å². The van der Waals surface area contributed by atoms with Crippen LogP contribution in [0.2, 0.25) is 0 Å². The van der Waals surface area contributed by atoms with Gasteiger partial charge in [0.1, 0.15) is 35.7 Å². The molecule has 2 aromatic heterocycles. The first-order valence-corrected chi connectivity index (χ1v) is 23.1. The zero-order valence-electron chi connectivity index (χ0n) is 40.4. The Labute approximate surface area is 406 Å². The van der Waals surface area contributed by atoms with Crippen LogP contribution in [0.3, 0.4) is 0 Å². The Morgan fingerprint density at radius 1 is 0.700 bits per heavy atom. The molecule has 0 aliphatic heterocycles. The van der Waals surface area contributed by atoms with Crippen LogP contribution in [0.15, 0.2) is 73.3 Å². The fourth-order valence-corrected chi connectivity index (χ4v) is 7.44. The van der Waals surface area contributed by atoms with Crippen molar-refractivity contribution < 1.29 is 43.2 Å². The molecule has 9 amide bonds. The summed E-state index contributed by atoms with van der Waals surface area (Å²) in [6, 6.07) is 9.08. The smallest absolute Gasteiger partial charge is 0.245 e. The molecule has 7 atom stereocenters. The lowest BCUT2D eigenvalue weighted by atomic mass is 9.97. The van der Waals surface area contributed by atoms with Crippen LogP contribution in [0.25, 0.3) is 10.9 Å². The number of fused-ring (bicyclic) bond motifs is 1. The number of benzene rings is 2. The first-order chi connectivity index (χ1) is 33.1. The van der Waals surface area contributed by atoms with Gasteiger partial charge < -0.3 is 64.4 Å². The van der Waals surface area contributed by atoms with Gasteiger partial charge in [0.25, 0.3) is 0 Å². The van der Waals surface area contributed by atoms with E-state index in [1.807, 2.05) is 31.2 Å². The maximum Gasteiger partial charge on any atom is 0.245 e. The van der Waals surface area contributed by atoms with E-state index in [9.17, 15) is 43.2 Å². The molecule has 0 spiro atoms. The molecule has 22 heteroatoms. The molecule has 0 saturated carbocycles. The van der Waals surface area contributed by atoms with Crippen molar-refractivity contribution in [2.75, 3.05) is 6.54 Å². The molecule has 22 nitrogen and oxygen atoms in total. The van der Waals surface area contributed by atoms with E-state index in [1.54, 1.807) is 57.3 Å². The summed E-state index contributed by atoms with van der Waals surface area (Å²) in [4.78, 5) is 130. The Kier molecular flexibility index (Phi) is 20.2.